The summed E-state index contributed by atoms with van der Waals surface area (Å²) in [6.45, 7) is 1.99. The highest BCUT2D eigenvalue weighted by Gasteiger charge is 2.12. The molecule has 0 atom stereocenters. The van der Waals surface area contributed by atoms with Crippen molar-refractivity contribution in [2.24, 2.45) is 0 Å². The van der Waals surface area contributed by atoms with Crippen molar-refractivity contribution >= 4 is 28.4 Å². The number of nitrogens with zero attached hydrogens (tertiary/aromatic N) is 2. The summed E-state index contributed by atoms with van der Waals surface area (Å²) in [6.07, 6.45) is 1.57. The van der Waals surface area contributed by atoms with E-state index in [4.69, 9.17) is 0 Å². The van der Waals surface area contributed by atoms with E-state index in [9.17, 15) is 14.4 Å². The summed E-state index contributed by atoms with van der Waals surface area (Å²) >= 11 is 0. The van der Waals surface area contributed by atoms with Crippen LogP contribution in [0, 0.1) is 6.92 Å². The van der Waals surface area contributed by atoms with Crippen molar-refractivity contribution in [3.63, 3.8) is 0 Å². The minimum atomic E-state index is -0.243. The lowest BCUT2D eigenvalue weighted by molar-refractivity contribution is -0.116. The monoisotopic (exact) mass is 364 g/mol. The van der Waals surface area contributed by atoms with Crippen LogP contribution in [0.3, 0.4) is 0 Å². The van der Waals surface area contributed by atoms with Crippen LogP contribution < -0.4 is 16.2 Å². The van der Waals surface area contributed by atoms with E-state index in [-0.39, 0.29) is 30.3 Å². The molecule has 0 saturated carbocycles. The van der Waals surface area contributed by atoms with Crippen LogP contribution in [-0.2, 0) is 11.3 Å². The summed E-state index contributed by atoms with van der Waals surface area (Å²) in [6, 6.07) is 12.2. The third-order valence-electron chi connectivity index (χ3n) is 4.39. The van der Waals surface area contributed by atoms with E-state index in [1.807, 2.05) is 6.07 Å². The third kappa shape index (κ3) is 3.87. The van der Waals surface area contributed by atoms with Gasteiger partial charge in [-0.3, -0.25) is 19.0 Å². The summed E-state index contributed by atoms with van der Waals surface area (Å²) in [5.74, 6) is -0.454. The standard InChI is InChI=1S/C20H20N4O3/c1-13-14(19(26)21-2)7-5-9-16(13)23-18(25)10-11-24-12-22-17-8-4-3-6-15(17)20(24)27/h3-9,12H,10-11H2,1-2H3,(H,21,26)(H,23,25). The fraction of sp³-hybridized carbons (Fsp3) is 0.200. The van der Waals surface area contributed by atoms with Gasteiger partial charge in [0.05, 0.1) is 17.2 Å². The largest absolute Gasteiger partial charge is 0.355 e. The smallest absolute Gasteiger partial charge is 0.261 e. The molecule has 2 amide bonds. The molecule has 27 heavy (non-hydrogen) atoms. The van der Waals surface area contributed by atoms with E-state index in [1.54, 1.807) is 50.4 Å². The van der Waals surface area contributed by atoms with Crippen molar-refractivity contribution in [1.82, 2.24) is 14.9 Å². The SMILES string of the molecule is CNC(=O)c1cccc(NC(=O)CCn2cnc3ccccc3c2=O)c1C. The second-order valence-electron chi connectivity index (χ2n) is 6.12. The first-order chi connectivity index (χ1) is 13.0. The van der Waals surface area contributed by atoms with Gasteiger partial charge in [0.2, 0.25) is 5.91 Å². The summed E-state index contributed by atoms with van der Waals surface area (Å²) in [7, 11) is 1.56. The number of para-hydroxylation sites is 1. The second-order valence-corrected chi connectivity index (χ2v) is 6.12. The zero-order chi connectivity index (χ0) is 19.4. The highest BCUT2D eigenvalue weighted by Crippen LogP contribution is 2.19. The first-order valence-corrected chi connectivity index (χ1v) is 8.57. The highest BCUT2D eigenvalue weighted by atomic mass is 16.2. The Labute approximate surface area is 156 Å². The van der Waals surface area contributed by atoms with Gasteiger partial charge in [-0.15, -0.1) is 0 Å². The minimum absolute atomic E-state index is 0.115. The number of hydrogen-bond donors (Lipinski definition) is 2. The van der Waals surface area contributed by atoms with Crippen molar-refractivity contribution in [2.75, 3.05) is 12.4 Å². The Morgan fingerprint density at radius 1 is 1.11 bits per heavy atom. The van der Waals surface area contributed by atoms with Gasteiger partial charge in [0, 0.05) is 31.3 Å². The lowest BCUT2D eigenvalue weighted by Crippen LogP contribution is -2.24. The average Bonchev–Trinajstić information content (AvgIpc) is 2.68. The molecule has 0 unspecified atom stereocenters. The van der Waals surface area contributed by atoms with E-state index in [0.29, 0.717) is 27.7 Å². The van der Waals surface area contributed by atoms with E-state index in [1.165, 1.54) is 10.9 Å². The fourth-order valence-corrected chi connectivity index (χ4v) is 2.85. The van der Waals surface area contributed by atoms with Crippen molar-refractivity contribution < 1.29 is 9.59 Å². The molecule has 2 N–H and O–H groups in total. The van der Waals surface area contributed by atoms with E-state index >= 15 is 0 Å². The third-order valence-corrected chi connectivity index (χ3v) is 4.39. The maximum Gasteiger partial charge on any atom is 0.261 e. The topological polar surface area (TPSA) is 93.1 Å². The van der Waals surface area contributed by atoms with E-state index in [0.717, 1.165) is 0 Å². The van der Waals surface area contributed by atoms with Gasteiger partial charge in [0.15, 0.2) is 0 Å². The number of rotatable bonds is 5. The Bertz CT molecular complexity index is 1070. The lowest BCUT2D eigenvalue weighted by atomic mass is 10.1. The first kappa shape index (κ1) is 18.3. The molecule has 3 aromatic rings. The molecule has 0 aliphatic rings. The molecule has 0 fully saturated rings. The molecule has 1 heterocycles. The number of anilines is 1. The Morgan fingerprint density at radius 3 is 2.67 bits per heavy atom. The number of amides is 2. The molecule has 0 aliphatic heterocycles. The van der Waals surface area contributed by atoms with Crippen molar-refractivity contribution in [1.29, 1.82) is 0 Å². The molecule has 0 radical (unpaired) electrons. The van der Waals surface area contributed by atoms with Gasteiger partial charge in [-0.25, -0.2) is 4.98 Å². The van der Waals surface area contributed by atoms with Crippen LogP contribution in [0.25, 0.3) is 10.9 Å². The molecule has 7 heteroatoms. The first-order valence-electron chi connectivity index (χ1n) is 8.57. The molecule has 0 spiro atoms. The van der Waals surface area contributed by atoms with E-state index < -0.39 is 0 Å². The van der Waals surface area contributed by atoms with Gasteiger partial charge >= 0.3 is 0 Å². The van der Waals surface area contributed by atoms with Crippen LogP contribution in [0.1, 0.15) is 22.3 Å². The summed E-state index contributed by atoms with van der Waals surface area (Å²) in [5.41, 5.74) is 2.22. The predicted molar refractivity (Wildman–Crippen MR) is 104 cm³/mol. The molecule has 0 bridgehead atoms. The van der Waals surface area contributed by atoms with Gasteiger partial charge in [-0.1, -0.05) is 18.2 Å². The number of benzene rings is 2. The number of aromatic nitrogens is 2. The van der Waals surface area contributed by atoms with Crippen LogP contribution in [-0.4, -0.2) is 28.4 Å². The van der Waals surface area contributed by atoms with Gasteiger partial charge in [-0.2, -0.15) is 0 Å². The number of nitrogens with one attached hydrogen (secondary N) is 2. The maximum absolute atomic E-state index is 12.5. The molecule has 0 aliphatic carbocycles. The fourth-order valence-electron chi connectivity index (χ4n) is 2.85. The Kier molecular flexibility index (Phi) is 5.30. The maximum atomic E-state index is 12.5. The number of carbonyl (C=O) groups excluding carboxylic acids is 2. The zero-order valence-corrected chi connectivity index (χ0v) is 15.2. The predicted octanol–water partition coefficient (Wildman–Crippen LogP) is 2.09. The Morgan fingerprint density at radius 2 is 1.89 bits per heavy atom. The summed E-state index contributed by atoms with van der Waals surface area (Å²) in [5, 5.41) is 5.90. The number of hydrogen-bond acceptors (Lipinski definition) is 4. The van der Waals surface area contributed by atoms with Crippen LogP contribution in [0.4, 0.5) is 5.69 Å². The van der Waals surface area contributed by atoms with Crippen LogP contribution >= 0.6 is 0 Å². The summed E-state index contributed by atoms with van der Waals surface area (Å²) < 4.78 is 1.43. The Hall–Kier alpha value is -3.48. The second kappa shape index (κ2) is 7.82. The van der Waals surface area contributed by atoms with Gasteiger partial charge in [0.1, 0.15) is 0 Å². The molecule has 138 valence electrons. The zero-order valence-electron chi connectivity index (χ0n) is 15.2. The number of aryl methyl sites for hydroxylation is 1. The lowest BCUT2D eigenvalue weighted by Gasteiger charge is -2.12. The van der Waals surface area contributed by atoms with Crippen LogP contribution in [0.5, 0.6) is 0 Å². The Balaban J connectivity index is 1.72. The molecular formula is C20H20N4O3. The van der Waals surface area contributed by atoms with Crippen molar-refractivity contribution in [2.45, 2.75) is 19.9 Å². The van der Waals surface area contributed by atoms with Crippen LogP contribution in [0.2, 0.25) is 0 Å². The molecule has 2 aromatic carbocycles. The molecular weight excluding hydrogens is 344 g/mol. The minimum Gasteiger partial charge on any atom is -0.355 e. The van der Waals surface area contributed by atoms with Gasteiger partial charge < -0.3 is 10.6 Å². The normalized spacial score (nSPS) is 10.6. The van der Waals surface area contributed by atoms with Crippen molar-refractivity contribution in [3.05, 3.63) is 70.3 Å². The number of fused-ring (bicyclic) bond motifs is 1. The number of carbonyl (C=O) groups is 2. The van der Waals surface area contributed by atoms with Gasteiger partial charge in [-0.05, 0) is 36.8 Å². The molecule has 7 nitrogen and oxygen atoms in total. The van der Waals surface area contributed by atoms with Crippen LogP contribution in [0.15, 0.2) is 53.6 Å². The molecule has 1 aromatic heterocycles. The summed E-state index contributed by atoms with van der Waals surface area (Å²) in [4.78, 5) is 40.9. The molecule has 0 saturated heterocycles. The highest BCUT2D eigenvalue weighted by molar-refractivity contribution is 5.99. The molecule has 3 rings (SSSR count). The average molecular weight is 364 g/mol. The van der Waals surface area contributed by atoms with Crippen molar-refractivity contribution in [3.8, 4) is 0 Å². The van der Waals surface area contributed by atoms with E-state index in [2.05, 4.69) is 15.6 Å². The van der Waals surface area contributed by atoms with Gasteiger partial charge in [0.25, 0.3) is 11.5 Å². The quantitative estimate of drug-likeness (QED) is 0.725.